The zero-order chi connectivity index (χ0) is 19.8. The molecule has 0 bridgehead atoms. The lowest BCUT2D eigenvalue weighted by Gasteiger charge is -2.26. The van der Waals surface area contributed by atoms with Gasteiger partial charge in [-0.3, -0.25) is 4.79 Å². The van der Waals surface area contributed by atoms with Crippen LogP contribution in [-0.2, 0) is 0 Å². The molecule has 1 N–H and O–H groups in total. The largest absolute Gasteiger partial charge is 0.360 e. The average Bonchev–Trinajstić information content (AvgIpc) is 3.03. The predicted octanol–water partition coefficient (Wildman–Crippen LogP) is 6.06. The molecule has 144 valence electrons. The molecule has 0 saturated heterocycles. The van der Waals surface area contributed by atoms with Crippen molar-refractivity contribution in [1.82, 2.24) is 10.5 Å². The summed E-state index contributed by atoms with van der Waals surface area (Å²) in [5.74, 6) is 0.491. The van der Waals surface area contributed by atoms with Gasteiger partial charge in [0.05, 0.1) is 16.1 Å². The summed E-state index contributed by atoms with van der Waals surface area (Å²) < 4.78 is 19.0. The maximum absolute atomic E-state index is 13.7. The Morgan fingerprint density at radius 1 is 1.29 bits per heavy atom. The van der Waals surface area contributed by atoms with E-state index in [0.29, 0.717) is 27.8 Å². The molecule has 28 heavy (non-hydrogen) atoms. The van der Waals surface area contributed by atoms with Crippen molar-refractivity contribution in [2.45, 2.75) is 24.3 Å². The van der Waals surface area contributed by atoms with Crippen LogP contribution in [0.3, 0.4) is 0 Å². The molecule has 0 fully saturated rings. The number of aryl methyl sites for hydroxylation is 1. The average molecular weight is 437 g/mol. The van der Waals surface area contributed by atoms with Gasteiger partial charge in [-0.1, -0.05) is 34.4 Å². The third-order valence-corrected chi connectivity index (χ3v) is 6.36. The molecule has 4 rings (SSSR count). The predicted molar refractivity (Wildman–Crippen MR) is 109 cm³/mol. The highest BCUT2D eigenvalue weighted by Gasteiger charge is 2.28. The smallest absolute Gasteiger partial charge is 0.257 e. The Balaban J connectivity index is 1.70. The van der Waals surface area contributed by atoms with Gasteiger partial charge in [0.2, 0.25) is 0 Å². The third kappa shape index (κ3) is 3.52. The first-order chi connectivity index (χ1) is 13.5. The first kappa shape index (κ1) is 19.3. The maximum atomic E-state index is 13.7. The van der Waals surface area contributed by atoms with Crippen molar-refractivity contribution < 1.29 is 13.7 Å². The Kier molecular flexibility index (Phi) is 5.36. The van der Waals surface area contributed by atoms with Crippen molar-refractivity contribution in [3.63, 3.8) is 0 Å². The van der Waals surface area contributed by atoms with E-state index in [0.717, 1.165) is 16.2 Å². The molecule has 1 aliphatic heterocycles. The van der Waals surface area contributed by atoms with E-state index in [4.69, 9.17) is 27.7 Å². The number of nitrogens with zero attached hydrogens (tertiary/aromatic N) is 1. The molecular weight excluding hydrogens is 422 g/mol. The second-order valence-corrected chi connectivity index (χ2v) is 8.36. The van der Waals surface area contributed by atoms with Crippen molar-refractivity contribution in [3.05, 3.63) is 69.1 Å². The molecule has 1 aromatic heterocycles. The number of carbonyl (C=O) groups is 1. The van der Waals surface area contributed by atoms with Crippen LogP contribution in [0.15, 0.2) is 45.8 Å². The Bertz CT molecular complexity index is 1050. The van der Waals surface area contributed by atoms with Gasteiger partial charge in [0.1, 0.15) is 22.8 Å². The van der Waals surface area contributed by atoms with Crippen LogP contribution in [0.1, 0.15) is 34.1 Å². The number of hydrogen-bond donors (Lipinski definition) is 1. The fraction of sp³-hybridized carbons (Fsp3) is 0.200. The summed E-state index contributed by atoms with van der Waals surface area (Å²) >= 11 is 14.2. The normalized spacial score (nSPS) is 15.9. The molecule has 0 aliphatic carbocycles. The molecule has 1 amide bonds. The van der Waals surface area contributed by atoms with E-state index in [1.165, 1.54) is 12.1 Å². The van der Waals surface area contributed by atoms with Crippen molar-refractivity contribution in [3.8, 4) is 11.3 Å². The molecule has 2 aromatic carbocycles. The number of aromatic nitrogens is 1. The summed E-state index contributed by atoms with van der Waals surface area (Å²) in [6.45, 7) is 1.65. The quantitative estimate of drug-likeness (QED) is 0.541. The Morgan fingerprint density at radius 3 is 2.79 bits per heavy atom. The lowest BCUT2D eigenvalue weighted by atomic mass is 10.0. The van der Waals surface area contributed by atoms with Crippen LogP contribution in [0.25, 0.3) is 11.3 Å². The number of benzene rings is 2. The van der Waals surface area contributed by atoms with Crippen LogP contribution < -0.4 is 5.32 Å². The topological polar surface area (TPSA) is 55.1 Å². The van der Waals surface area contributed by atoms with Crippen LogP contribution in [0, 0.1) is 12.7 Å². The van der Waals surface area contributed by atoms with Crippen molar-refractivity contribution in [1.29, 1.82) is 0 Å². The summed E-state index contributed by atoms with van der Waals surface area (Å²) in [5, 5.41) is 7.74. The highest BCUT2D eigenvalue weighted by Crippen LogP contribution is 2.39. The zero-order valence-corrected chi connectivity index (χ0v) is 17.1. The Hall–Kier alpha value is -2.02. The van der Waals surface area contributed by atoms with Crippen molar-refractivity contribution in [2.24, 2.45) is 0 Å². The highest BCUT2D eigenvalue weighted by molar-refractivity contribution is 7.99. The van der Waals surface area contributed by atoms with Crippen LogP contribution in [0.4, 0.5) is 4.39 Å². The molecule has 1 atom stereocenters. The van der Waals surface area contributed by atoms with Gasteiger partial charge in [-0.2, -0.15) is 0 Å². The van der Waals surface area contributed by atoms with Crippen LogP contribution in [-0.4, -0.2) is 16.8 Å². The monoisotopic (exact) mass is 436 g/mol. The number of amides is 1. The summed E-state index contributed by atoms with van der Waals surface area (Å²) in [5.41, 5.74) is 1.77. The van der Waals surface area contributed by atoms with E-state index < -0.39 is 0 Å². The summed E-state index contributed by atoms with van der Waals surface area (Å²) in [4.78, 5) is 14.1. The first-order valence-electron chi connectivity index (χ1n) is 8.59. The Morgan fingerprint density at radius 2 is 2.04 bits per heavy atom. The van der Waals surface area contributed by atoms with Crippen LogP contribution in [0.2, 0.25) is 10.0 Å². The molecule has 0 spiro atoms. The number of fused-ring (bicyclic) bond motifs is 1. The number of carbonyl (C=O) groups excluding carboxylic acids is 1. The molecule has 2 heterocycles. The first-order valence-corrected chi connectivity index (χ1v) is 10.3. The number of halogens is 3. The van der Waals surface area contributed by atoms with E-state index in [1.54, 1.807) is 43.0 Å². The maximum Gasteiger partial charge on any atom is 0.257 e. The molecular formula is C20H15Cl2FN2O2S. The van der Waals surface area contributed by atoms with E-state index >= 15 is 0 Å². The summed E-state index contributed by atoms with van der Waals surface area (Å²) in [6.07, 6.45) is 0.694. The highest BCUT2D eigenvalue weighted by atomic mass is 35.5. The molecule has 1 aliphatic rings. The van der Waals surface area contributed by atoms with Gasteiger partial charge in [0.25, 0.3) is 5.91 Å². The lowest BCUT2D eigenvalue weighted by Crippen LogP contribution is -2.31. The number of rotatable bonds is 3. The van der Waals surface area contributed by atoms with Crippen molar-refractivity contribution in [2.75, 3.05) is 5.75 Å². The minimum Gasteiger partial charge on any atom is -0.360 e. The lowest BCUT2D eigenvalue weighted by molar-refractivity contribution is 0.0934. The molecule has 4 nitrogen and oxygen atoms in total. The summed E-state index contributed by atoms with van der Waals surface area (Å²) in [6, 6.07) is 9.40. The van der Waals surface area contributed by atoms with Gasteiger partial charge >= 0.3 is 0 Å². The fourth-order valence-corrected chi connectivity index (χ4v) is 4.96. The third-order valence-electron chi connectivity index (χ3n) is 4.61. The van der Waals surface area contributed by atoms with Crippen LogP contribution >= 0.6 is 35.0 Å². The van der Waals surface area contributed by atoms with Crippen molar-refractivity contribution >= 4 is 40.9 Å². The number of nitrogens with one attached hydrogen (secondary N) is 1. The minimum atomic E-state index is -0.364. The van der Waals surface area contributed by atoms with E-state index in [2.05, 4.69) is 10.5 Å². The van der Waals surface area contributed by atoms with Gasteiger partial charge in [-0.25, -0.2) is 4.39 Å². The van der Waals surface area contributed by atoms with Crippen LogP contribution in [0.5, 0.6) is 0 Å². The fourth-order valence-electron chi connectivity index (χ4n) is 3.28. The molecule has 0 radical (unpaired) electrons. The van der Waals surface area contributed by atoms with Gasteiger partial charge in [0.15, 0.2) is 0 Å². The van der Waals surface area contributed by atoms with E-state index in [9.17, 15) is 9.18 Å². The number of hydrogen-bond acceptors (Lipinski definition) is 4. The molecule has 3 aromatic rings. The molecule has 8 heteroatoms. The van der Waals surface area contributed by atoms with Gasteiger partial charge < -0.3 is 9.84 Å². The molecule has 0 saturated carbocycles. The molecule has 1 unspecified atom stereocenters. The zero-order valence-electron chi connectivity index (χ0n) is 14.8. The second kappa shape index (κ2) is 7.78. The SMILES string of the molecule is Cc1onc(-c2c(Cl)cccc2Cl)c1C(=O)NC1CCSc2ccc(F)cc21. The van der Waals surface area contributed by atoms with Gasteiger partial charge in [-0.15, -0.1) is 11.8 Å². The Labute approximate surface area is 175 Å². The van der Waals surface area contributed by atoms with Gasteiger partial charge in [-0.05, 0) is 49.2 Å². The van der Waals surface area contributed by atoms with E-state index in [-0.39, 0.29) is 29.0 Å². The van der Waals surface area contributed by atoms with Gasteiger partial charge in [0, 0.05) is 16.2 Å². The minimum absolute atomic E-state index is 0.270. The summed E-state index contributed by atoms with van der Waals surface area (Å²) in [7, 11) is 0. The number of thioether (sulfide) groups is 1. The van der Waals surface area contributed by atoms with E-state index in [1.807, 2.05) is 0 Å². The second-order valence-electron chi connectivity index (χ2n) is 6.40. The standard InChI is InChI=1S/C20H15Cl2FN2O2S/c1-10-17(19(25-27-10)18-13(21)3-2-4-14(18)22)20(26)24-15-7-8-28-16-6-5-11(23)9-12(15)16/h2-6,9,15H,7-8H2,1H3,(H,24,26).